The van der Waals surface area contributed by atoms with Gasteiger partial charge in [0, 0.05) is 12.6 Å². The lowest BCUT2D eigenvalue weighted by Crippen LogP contribution is -2.44. The van der Waals surface area contributed by atoms with Gasteiger partial charge in [0.15, 0.2) is 5.11 Å². The van der Waals surface area contributed by atoms with Gasteiger partial charge < -0.3 is 20.1 Å². The Kier molecular flexibility index (Phi) is 3.55. The van der Waals surface area contributed by atoms with Gasteiger partial charge in [-0.15, -0.1) is 0 Å². The van der Waals surface area contributed by atoms with Crippen LogP contribution in [-0.2, 0) is 9.47 Å². The highest BCUT2D eigenvalue weighted by atomic mass is 32.1. The van der Waals surface area contributed by atoms with Gasteiger partial charge in [0.25, 0.3) is 0 Å². The van der Waals surface area contributed by atoms with Crippen molar-refractivity contribution in [2.24, 2.45) is 0 Å². The molecule has 0 bridgehead atoms. The maximum absolute atomic E-state index is 5.47. The summed E-state index contributed by atoms with van der Waals surface area (Å²) in [5, 5.41) is 7.09. The largest absolute Gasteiger partial charge is 0.376 e. The van der Waals surface area contributed by atoms with E-state index in [2.05, 4.69) is 10.6 Å². The molecule has 4 nitrogen and oxygen atoms in total. The Morgan fingerprint density at radius 2 is 2.21 bits per heavy atom. The number of ether oxygens (including phenoxy) is 2. The Morgan fingerprint density at radius 3 is 2.86 bits per heavy atom. The minimum atomic E-state index is 0.141. The van der Waals surface area contributed by atoms with E-state index in [-0.39, 0.29) is 6.10 Å². The van der Waals surface area contributed by atoms with Gasteiger partial charge in [0.2, 0.25) is 0 Å². The Bertz CT molecular complexity index is 203. The van der Waals surface area contributed by atoms with Crippen LogP contribution in [0.15, 0.2) is 0 Å². The zero-order valence-electron chi connectivity index (χ0n) is 8.12. The molecule has 0 aromatic heterocycles. The molecule has 1 heterocycles. The van der Waals surface area contributed by atoms with Gasteiger partial charge in [-0.05, 0) is 25.1 Å². The molecule has 0 spiro atoms. The van der Waals surface area contributed by atoms with Crippen molar-refractivity contribution in [3.8, 4) is 0 Å². The third-order valence-electron chi connectivity index (χ3n) is 2.29. The number of nitrogens with one attached hydrogen (secondary N) is 2. The van der Waals surface area contributed by atoms with Crippen LogP contribution in [0.1, 0.15) is 12.8 Å². The summed E-state index contributed by atoms with van der Waals surface area (Å²) in [4.78, 5) is 0. The molecule has 1 saturated carbocycles. The molecule has 0 aromatic rings. The van der Waals surface area contributed by atoms with Crippen LogP contribution >= 0.6 is 12.2 Å². The standard InChI is InChI=1S/C9H16N2O2S/c14-9(11-7-1-2-7)10-5-8-6-12-3-4-13-8/h7-8H,1-6H2,(H2,10,11,14). The van der Waals surface area contributed by atoms with E-state index in [0.717, 1.165) is 11.7 Å². The van der Waals surface area contributed by atoms with Crippen LogP contribution in [0.4, 0.5) is 0 Å². The summed E-state index contributed by atoms with van der Waals surface area (Å²) in [6.07, 6.45) is 2.62. The maximum atomic E-state index is 5.47. The van der Waals surface area contributed by atoms with Crippen LogP contribution < -0.4 is 10.6 Å². The first-order chi connectivity index (χ1) is 6.84. The van der Waals surface area contributed by atoms with Crippen LogP contribution in [0.25, 0.3) is 0 Å². The van der Waals surface area contributed by atoms with Gasteiger partial charge in [-0.3, -0.25) is 0 Å². The maximum Gasteiger partial charge on any atom is 0.166 e. The van der Waals surface area contributed by atoms with E-state index in [0.29, 0.717) is 25.9 Å². The molecule has 1 saturated heterocycles. The number of hydrogen-bond donors (Lipinski definition) is 2. The molecule has 0 radical (unpaired) electrons. The lowest BCUT2D eigenvalue weighted by molar-refractivity contribution is -0.0849. The molecular weight excluding hydrogens is 200 g/mol. The minimum Gasteiger partial charge on any atom is -0.376 e. The molecule has 2 rings (SSSR count). The molecule has 1 unspecified atom stereocenters. The van der Waals surface area contributed by atoms with Gasteiger partial charge in [-0.1, -0.05) is 0 Å². The highest BCUT2D eigenvalue weighted by Gasteiger charge is 2.22. The molecule has 2 N–H and O–H groups in total. The second kappa shape index (κ2) is 4.91. The van der Waals surface area contributed by atoms with Gasteiger partial charge in [-0.2, -0.15) is 0 Å². The molecule has 1 aliphatic heterocycles. The zero-order chi connectivity index (χ0) is 9.80. The minimum absolute atomic E-state index is 0.141. The van der Waals surface area contributed by atoms with Crippen molar-refractivity contribution in [1.82, 2.24) is 10.6 Å². The monoisotopic (exact) mass is 216 g/mol. The van der Waals surface area contributed by atoms with E-state index in [1.165, 1.54) is 12.8 Å². The average Bonchev–Trinajstić information content (AvgIpc) is 3.00. The first kappa shape index (κ1) is 10.1. The van der Waals surface area contributed by atoms with Crippen molar-refractivity contribution in [2.45, 2.75) is 25.0 Å². The van der Waals surface area contributed by atoms with Crippen LogP contribution in [-0.4, -0.2) is 43.6 Å². The van der Waals surface area contributed by atoms with Gasteiger partial charge >= 0.3 is 0 Å². The second-order valence-electron chi connectivity index (χ2n) is 3.70. The summed E-state index contributed by atoms with van der Waals surface area (Å²) >= 11 is 5.12. The van der Waals surface area contributed by atoms with Gasteiger partial charge in [-0.25, -0.2) is 0 Å². The lowest BCUT2D eigenvalue weighted by Gasteiger charge is -2.23. The Labute approximate surface area is 89.3 Å². The highest BCUT2D eigenvalue weighted by Crippen LogP contribution is 2.18. The molecular formula is C9H16N2O2S. The summed E-state index contributed by atoms with van der Waals surface area (Å²) in [7, 11) is 0. The molecule has 1 aliphatic carbocycles. The molecule has 0 aromatic carbocycles. The fraction of sp³-hybridized carbons (Fsp3) is 0.889. The fourth-order valence-corrected chi connectivity index (χ4v) is 1.58. The molecule has 1 atom stereocenters. The first-order valence-electron chi connectivity index (χ1n) is 5.08. The van der Waals surface area contributed by atoms with E-state index in [1.54, 1.807) is 0 Å². The van der Waals surface area contributed by atoms with E-state index < -0.39 is 0 Å². The van der Waals surface area contributed by atoms with Crippen LogP contribution in [0.2, 0.25) is 0 Å². The van der Waals surface area contributed by atoms with Crippen molar-refractivity contribution in [2.75, 3.05) is 26.4 Å². The summed E-state index contributed by atoms with van der Waals surface area (Å²) in [6.45, 7) is 2.80. The summed E-state index contributed by atoms with van der Waals surface area (Å²) in [5.74, 6) is 0. The van der Waals surface area contributed by atoms with E-state index in [1.807, 2.05) is 0 Å². The van der Waals surface area contributed by atoms with Crippen molar-refractivity contribution in [3.05, 3.63) is 0 Å². The quantitative estimate of drug-likeness (QED) is 0.652. The van der Waals surface area contributed by atoms with Gasteiger partial charge in [0.1, 0.15) is 0 Å². The third-order valence-corrected chi connectivity index (χ3v) is 2.55. The van der Waals surface area contributed by atoms with Crippen molar-refractivity contribution < 1.29 is 9.47 Å². The van der Waals surface area contributed by atoms with E-state index >= 15 is 0 Å². The van der Waals surface area contributed by atoms with Crippen molar-refractivity contribution in [1.29, 1.82) is 0 Å². The topological polar surface area (TPSA) is 42.5 Å². The third kappa shape index (κ3) is 3.40. The Morgan fingerprint density at radius 1 is 1.36 bits per heavy atom. The number of rotatable bonds is 3. The average molecular weight is 216 g/mol. The predicted octanol–water partition coefficient (Wildman–Crippen LogP) is 0.0283. The van der Waals surface area contributed by atoms with Crippen LogP contribution in [0, 0.1) is 0 Å². The Balaban J connectivity index is 1.57. The molecule has 2 fully saturated rings. The van der Waals surface area contributed by atoms with Crippen LogP contribution in [0.3, 0.4) is 0 Å². The van der Waals surface area contributed by atoms with E-state index in [9.17, 15) is 0 Å². The summed E-state index contributed by atoms with van der Waals surface area (Å²) in [5.41, 5.74) is 0. The first-order valence-corrected chi connectivity index (χ1v) is 5.49. The van der Waals surface area contributed by atoms with Crippen LogP contribution in [0.5, 0.6) is 0 Å². The normalized spacial score (nSPS) is 27.0. The zero-order valence-corrected chi connectivity index (χ0v) is 8.94. The summed E-state index contributed by atoms with van der Waals surface area (Å²) < 4.78 is 10.8. The Hall–Kier alpha value is -0.390. The number of hydrogen-bond acceptors (Lipinski definition) is 3. The highest BCUT2D eigenvalue weighted by molar-refractivity contribution is 7.80. The molecule has 14 heavy (non-hydrogen) atoms. The summed E-state index contributed by atoms with van der Waals surface area (Å²) in [6, 6.07) is 0.610. The second-order valence-corrected chi connectivity index (χ2v) is 4.10. The SMILES string of the molecule is S=C(NCC1COCCO1)NC1CC1. The van der Waals surface area contributed by atoms with Gasteiger partial charge in [0.05, 0.1) is 25.9 Å². The fourth-order valence-electron chi connectivity index (χ4n) is 1.33. The lowest BCUT2D eigenvalue weighted by atomic mass is 10.3. The molecule has 0 amide bonds. The van der Waals surface area contributed by atoms with E-state index in [4.69, 9.17) is 21.7 Å². The van der Waals surface area contributed by atoms with Crippen molar-refractivity contribution in [3.63, 3.8) is 0 Å². The predicted molar refractivity (Wildman–Crippen MR) is 57.3 cm³/mol. The molecule has 2 aliphatic rings. The number of thiocarbonyl (C=S) groups is 1. The molecule has 5 heteroatoms. The smallest absolute Gasteiger partial charge is 0.166 e. The van der Waals surface area contributed by atoms with Crippen molar-refractivity contribution >= 4 is 17.3 Å². The molecule has 80 valence electrons.